The molecular formula is C9H8FNO3. The van der Waals surface area contributed by atoms with Crippen LogP contribution in [0.4, 0.5) is 14.9 Å². The van der Waals surface area contributed by atoms with Gasteiger partial charge in [0.05, 0.1) is 12.2 Å². The van der Waals surface area contributed by atoms with Gasteiger partial charge in [0.1, 0.15) is 18.2 Å². The first-order chi connectivity index (χ1) is 6.68. The van der Waals surface area contributed by atoms with Crippen LogP contribution in [0.5, 0.6) is 5.75 Å². The van der Waals surface area contributed by atoms with Gasteiger partial charge in [0.2, 0.25) is 0 Å². The van der Waals surface area contributed by atoms with Gasteiger partial charge in [-0.05, 0) is 12.1 Å². The number of hydrogen-bond donors (Lipinski definition) is 1. The van der Waals surface area contributed by atoms with E-state index in [2.05, 4.69) is 0 Å². The van der Waals surface area contributed by atoms with Crippen LogP contribution in [0.15, 0.2) is 18.2 Å². The molecule has 1 aromatic carbocycles. The second-order valence-electron chi connectivity index (χ2n) is 2.89. The van der Waals surface area contributed by atoms with E-state index in [9.17, 15) is 9.18 Å². The summed E-state index contributed by atoms with van der Waals surface area (Å²) >= 11 is 0. The van der Waals surface area contributed by atoms with Gasteiger partial charge >= 0.3 is 6.09 Å². The molecule has 4 nitrogen and oxygen atoms in total. The summed E-state index contributed by atoms with van der Waals surface area (Å²) in [7, 11) is 0. The number of hydrogen-bond acceptors (Lipinski definition) is 2. The van der Waals surface area contributed by atoms with Crippen LogP contribution < -0.4 is 9.64 Å². The van der Waals surface area contributed by atoms with Crippen molar-refractivity contribution in [2.24, 2.45) is 0 Å². The van der Waals surface area contributed by atoms with Gasteiger partial charge in [-0.2, -0.15) is 0 Å². The molecule has 74 valence electrons. The van der Waals surface area contributed by atoms with Crippen LogP contribution in [0.2, 0.25) is 0 Å². The summed E-state index contributed by atoms with van der Waals surface area (Å²) in [5, 5.41) is 8.82. The summed E-state index contributed by atoms with van der Waals surface area (Å²) in [6.45, 7) is 0.525. The first-order valence-corrected chi connectivity index (χ1v) is 4.11. The van der Waals surface area contributed by atoms with E-state index in [4.69, 9.17) is 9.84 Å². The molecule has 1 amide bonds. The smallest absolute Gasteiger partial charge is 0.412 e. The van der Waals surface area contributed by atoms with E-state index in [1.807, 2.05) is 0 Å². The third-order valence-corrected chi connectivity index (χ3v) is 2.02. The van der Waals surface area contributed by atoms with Crippen molar-refractivity contribution < 1.29 is 19.0 Å². The van der Waals surface area contributed by atoms with E-state index in [0.29, 0.717) is 12.4 Å². The van der Waals surface area contributed by atoms with Gasteiger partial charge in [0, 0.05) is 6.07 Å². The standard InChI is InChI=1S/C9H8FNO3/c10-6-1-2-8-7(5-6)11(9(12)13)3-4-14-8/h1-2,5H,3-4H2,(H,12,13). The molecule has 1 aliphatic rings. The minimum absolute atomic E-state index is 0.228. The zero-order valence-corrected chi connectivity index (χ0v) is 7.24. The third-order valence-electron chi connectivity index (χ3n) is 2.02. The number of benzene rings is 1. The van der Waals surface area contributed by atoms with Gasteiger partial charge in [-0.25, -0.2) is 9.18 Å². The van der Waals surface area contributed by atoms with Crippen molar-refractivity contribution in [2.45, 2.75) is 0 Å². The maximum absolute atomic E-state index is 12.9. The van der Waals surface area contributed by atoms with Crippen molar-refractivity contribution in [3.63, 3.8) is 0 Å². The van der Waals surface area contributed by atoms with Crippen molar-refractivity contribution in [1.29, 1.82) is 0 Å². The maximum Gasteiger partial charge on any atom is 0.412 e. The van der Waals surface area contributed by atoms with E-state index in [-0.39, 0.29) is 12.2 Å². The number of nitrogens with zero attached hydrogens (tertiary/aromatic N) is 1. The lowest BCUT2D eigenvalue weighted by Gasteiger charge is -2.26. The Morgan fingerprint density at radius 3 is 3.07 bits per heavy atom. The Labute approximate surface area is 79.5 Å². The zero-order valence-electron chi connectivity index (χ0n) is 7.24. The number of amides is 1. The minimum Gasteiger partial charge on any atom is -0.490 e. The molecule has 1 heterocycles. The van der Waals surface area contributed by atoms with Crippen LogP contribution in [0.3, 0.4) is 0 Å². The number of fused-ring (bicyclic) bond motifs is 1. The molecule has 0 aliphatic carbocycles. The lowest BCUT2D eigenvalue weighted by Crippen LogP contribution is -2.36. The molecule has 0 atom stereocenters. The molecule has 0 aromatic heterocycles. The van der Waals surface area contributed by atoms with Crippen LogP contribution in [-0.2, 0) is 0 Å². The van der Waals surface area contributed by atoms with Crippen molar-refractivity contribution in [3.8, 4) is 5.75 Å². The number of carbonyl (C=O) groups is 1. The Balaban J connectivity index is 2.46. The highest BCUT2D eigenvalue weighted by molar-refractivity contribution is 5.88. The Kier molecular flexibility index (Phi) is 1.99. The van der Waals surface area contributed by atoms with Crippen LogP contribution in [-0.4, -0.2) is 24.4 Å². The van der Waals surface area contributed by atoms with E-state index < -0.39 is 11.9 Å². The van der Waals surface area contributed by atoms with Crippen LogP contribution in [0, 0.1) is 5.82 Å². The average molecular weight is 197 g/mol. The molecule has 0 spiro atoms. The normalized spacial score (nSPS) is 14.5. The predicted molar refractivity (Wildman–Crippen MR) is 47.3 cm³/mol. The fourth-order valence-electron chi connectivity index (χ4n) is 1.39. The average Bonchev–Trinajstić information content (AvgIpc) is 2.16. The molecular weight excluding hydrogens is 189 g/mol. The van der Waals surface area contributed by atoms with Crippen LogP contribution >= 0.6 is 0 Å². The molecule has 2 rings (SSSR count). The zero-order chi connectivity index (χ0) is 10.1. The molecule has 0 unspecified atom stereocenters. The summed E-state index contributed by atoms with van der Waals surface area (Å²) < 4.78 is 18.0. The highest BCUT2D eigenvalue weighted by atomic mass is 19.1. The highest BCUT2D eigenvalue weighted by Gasteiger charge is 2.23. The first kappa shape index (κ1) is 8.80. The fourth-order valence-corrected chi connectivity index (χ4v) is 1.39. The molecule has 0 fully saturated rings. The molecule has 5 heteroatoms. The molecule has 0 bridgehead atoms. The lowest BCUT2D eigenvalue weighted by atomic mass is 10.2. The van der Waals surface area contributed by atoms with Crippen molar-refractivity contribution in [3.05, 3.63) is 24.0 Å². The molecule has 0 saturated heterocycles. The molecule has 1 aliphatic heterocycles. The second-order valence-corrected chi connectivity index (χ2v) is 2.89. The van der Waals surface area contributed by atoms with Gasteiger partial charge in [-0.15, -0.1) is 0 Å². The SMILES string of the molecule is O=C(O)N1CCOc2ccc(F)cc21. The van der Waals surface area contributed by atoms with E-state index >= 15 is 0 Å². The van der Waals surface area contributed by atoms with Crippen molar-refractivity contribution >= 4 is 11.8 Å². The number of anilines is 1. The van der Waals surface area contributed by atoms with Crippen LogP contribution in [0.25, 0.3) is 0 Å². The highest BCUT2D eigenvalue weighted by Crippen LogP contribution is 2.31. The lowest BCUT2D eigenvalue weighted by molar-refractivity contribution is 0.196. The summed E-state index contributed by atoms with van der Waals surface area (Å²) in [6.07, 6.45) is -1.10. The number of carboxylic acid groups (broad SMARTS) is 1. The summed E-state index contributed by atoms with van der Waals surface area (Å²) in [5.74, 6) is -0.0689. The van der Waals surface area contributed by atoms with Crippen LogP contribution in [0.1, 0.15) is 0 Å². The second kappa shape index (κ2) is 3.17. The monoisotopic (exact) mass is 197 g/mol. The molecule has 0 radical (unpaired) electrons. The largest absolute Gasteiger partial charge is 0.490 e. The first-order valence-electron chi connectivity index (χ1n) is 4.11. The van der Waals surface area contributed by atoms with Gasteiger partial charge in [0.25, 0.3) is 0 Å². The third kappa shape index (κ3) is 1.37. The molecule has 1 N–H and O–H groups in total. The number of halogens is 1. The Morgan fingerprint density at radius 2 is 2.36 bits per heavy atom. The van der Waals surface area contributed by atoms with Gasteiger partial charge < -0.3 is 9.84 Å². The summed E-state index contributed by atoms with van der Waals surface area (Å²) in [4.78, 5) is 11.8. The van der Waals surface area contributed by atoms with E-state index in [1.54, 1.807) is 0 Å². The fraction of sp³-hybridized carbons (Fsp3) is 0.222. The number of rotatable bonds is 0. The van der Waals surface area contributed by atoms with Gasteiger partial charge in [-0.3, -0.25) is 4.90 Å². The van der Waals surface area contributed by atoms with Gasteiger partial charge in [-0.1, -0.05) is 0 Å². The molecule has 0 saturated carbocycles. The predicted octanol–water partition coefficient (Wildman–Crippen LogP) is 1.70. The van der Waals surface area contributed by atoms with Crippen molar-refractivity contribution in [1.82, 2.24) is 0 Å². The Hall–Kier alpha value is -1.78. The van der Waals surface area contributed by atoms with E-state index in [0.717, 1.165) is 11.0 Å². The Bertz CT molecular complexity index is 380. The minimum atomic E-state index is -1.10. The Morgan fingerprint density at radius 1 is 1.57 bits per heavy atom. The molecule has 1 aromatic rings. The summed E-state index contributed by atoms with van der Waals surface area (Å²) in [6, 6.07) is 3.83. The quantitative estimate of drug-likeness (QED) is 0.688. The van der Waals surface area contributed by atoms with E-state index in [1.165, 1.54) is 12.1 Å². The van der Waals surface area contributed by atoms with Gasteiger partial charge in [0.15, 0.2) is 0 Å². The topological polar surface area (TPSA) is 49.8 Å². The maximum atomic E-state index is 12.9. The molecule has 14 heavy (non-hydrogen) atoms. The number of ether oxygens (including phenoxy) is 1. The summed E-state index contributed by atoms with van der Waals surface area (Å²) in [5.41, 5.74) is 0.267. The van der Waals surface area contributed by atoms with Crippen molar-refractivity contribution in [2.75, 3.05) is 18.1 Å².